The van der Waals surface area contributed by atoms with Crippen LogP contribution in [0.4, 0.5) is 0 Å². The van der Waals surface area contributed by atoms with E-state index in [2.05, 4.69) is 5.16 Å². The number of aliphatic carboxylic acids is 1. The molecule has 8 heteroatoms. The molecule has 2 fully saturated rings. The maximum absolute atomic E-state index is 13.9. The number of hydrogen-bond donors (Lipinski definition) is 1. The second-order valence-electron chi connectivity index (χ2n) is 11.9. The first-order valence-electron chi connectivity index (χ1n) is 13.0. The summed E-state index contributed by atoms with van der Waals surface area (Å²) in [7, 11) is 0. The molecule has 1 aliphatic carbocycles. The number of ketones is 1. The van der Waals surface area contributed by atoms with Crippen LogP contribution in [0.15, 0.2) is 29.4 Å². The molecule has 196 valence electrons. The second kappa shape index (κ2) is 10.5. The van der Waals surface area contributed by atoms with Crippen LogP contribution >= 0.6 is 11.6 Å². The molecule has 0 radical (unpaired) electrons. The number of carboxylic acids is 1. The Hall–Kier alpha value is -2.41. The topological polar surface area (TPSA) is 96.3 Å². The van der Waals surface area contributed by atoms with Gasteiger partial charge in [-0.3, -0.25) is 9.59 Å². The molecule has 2 aliphatic heterocycles. The lowest BCUT2D eigenvalue weighted by Gasteiger charge is -2.34. The van der Waals surface area contributed by atoms with E-state index >= 15 is 0 Å². The van der Waals surface area contributed by atoms with E-state index in [4.69, 9.17) is 16.4 Å². The van der Waals surface area contributed by atoms with E-state index in [0.717, 1.165) is 31.2 Å². The summed E-state index contributed by atoms with van der Waals surface area (Å²) in [6, 6.07) is 6.25. The van der Waals surface area contributed by atoms with Crippen molar-refractivity contribution in [3.05, 3.63) is 34.9 Å². The normalized spacial score (nSPS) is 25.5. The highest BCUT2D eigenvalue weighted by atomic mass is 35.5. The first kappa shape index (κ1) is 26.6. The quantitative estimate of drug-likeness (QED) is 0.517. The van der Waals surface area contributed by atoms with Gasteiger partial charge in [0.2, 0.25) is 5.91 Å². The Labute approximate surface area is 218 Å². The van der Waals surface area contributed by atoms with Crippen molar-refractivity contribution in [2.75, 3.05) is 6.54 Å². The molecule has 1 amide bonds. The maximum Gasteiger partial charge on any atom is 0.326 e. The molecule has 4 rings (SSSR count). The molecule has 36 heavy (non-hydrogen) atoms. The summed E-state index contributed by atoms with van der Waals surface area (Å²) in [5.74, 6) is -1.46. The molecule has 1 spiro atoms. The highest BCUT2D eigenvalue weighted by Crippen LogP contribution is 2.42. The SMILES string of the molecule is CC(C)(C)[C@H](CC(=O)CC1CCCCC1)C(=O)N1C[C@@]2(CC(c3cccc(Cl)c3)=NO2)C[C@H]1C(=O)O. The number of hydrogen-bond acceptors (Lipinski definition) is 5. The Kier molecular flexibility index (Phi) is 7.79. The molecule has 1 aromatic carbocycles. The van der Waals surface area contributed by atoms with Crippen molar-refractivity contribution in [1.82, 2.24) is 4.90 Å². The van der Waals surface area contributed by atoms with Crippen LogP contribution < -0.4 is 0 Å². The van der Waals surface area contributed by atoms with Crippen LogP contribution in [0.5, 0.6) is 0 Å². The van der Waals surface area contributed by atoms with Gasteiger partial charge in [0.25, 0.3) is 0 Å². The number of halogens is 1. The molecule has 1 saturated heterocycles. The largest absolute Gasteiger partial charge is 0.480 e. The molecule has 2 heterocycles. The van der Waals surface area contributed by atoms with Crippen molar-refractivity contribution in [2.45, 2.75) is 90.2 Å². The van der Waals surface area contributed by atoms with Crippen molar-refractivity contribution in [3.63, 3.8) is 0 Å². The second-order valence-corrected chi connectivity index (χ2v) is 12.3. The molecule has 0 bridgehead atoms. The number of carboxylic acid groups (broad SMARTS) is 1. The van der Waals surface area contributed by atoms with Gasteiger partial charge in [0, 0.05) is 42.2 Å². The Morgan fingerprint density at radius 3 is 2.58 bits per heavy atom. The zero-order valence-corrected chi connectivity index (χ0v) is 22.2. The van der Waals surface area contributed by atoms with Gasteiger partial charge in [-0.1, -0.05) is 81.8 Å². The summed E-state index contributed by atoms with van der Waals surface area (Å²) in [5.41, 5.74) is 0.116. The smallest absolute Gasteiger partial charge is 0.326 e. The molecule has 0 aromatic heterocycles. The number of carbonyl (C=O) groups is 3. The number of likely N-dealkylation sites (tertiary alicyclic amines) is 1. The third-order valence-electron chi connectivity index (χ3n) is 7.98. The van der Waals surface area contributed by atoms with Gasteiger partial charge in [-0.05, 0) is 23.5 Å². The van der Waals surface area contributed by atoms with Crippen molar-refractivity contribution in [1.29, 1.82) is 0 Å². The van der Waals surface area contributed by atoms with E-state index in [9.17, 15) is 19.5 Å². The van der Waals surface area contributed by atoms with Gasteiger partial charge in [-0.2, -0.15) is 0 Å². The van der Waals surface area contributed by atoms with Crippen LogP contribution in [0.25, 0.3) is 0 Å². The van der Waals surface area contributed by atoms with Crippen molar-refractivity contribution < 1.29 is 24.3 Å². The predicted molar refractivity (Wildman–Crippen MR) is 138 cm³/mol. The van der Waals surface area contributed by atoms with Crippen LogP contribution in [0, 0.1) is 17.3 Å². The zero-order valence-electron chi connectivity index (χ0n) is 21.5. The number of amides is 1. The van der Waals surface area contributed by atoms with Gasteiger partial charge in [0.05, 0.1) is 12.3 Å². The Morgan fingerprint density at radius 2 is 1.94 bits per heavy atom. The fourth-order valence-corrected chi connectivity index (χ4v) is 6.12. The minimum Gasteiger partial charge on any atom is -0.480 e. The fourth-order valence-electron chi connectivity index (χ4n) is 5.93. The van der Waals surface area contributed by atoms with E-state index in [1.54, 1.807) is 12.1 Å². The lowest BCUT2D eigenvalue weighted by atomic mass is 9.75. The molecular formula is C28H37ClN2O5. The standard InChI is InChI=1S/C28H37ClN2O5/c1-27(2,3)22(14-21(32)12-18-8-5-4-6-9-18)25(33)31-17-28(16-24(31)26(34)35)15-23(30-36-28)19-10-7-11-20(29)13-19/h7,10-11,13,18,22,24H,4-6,8-9,12,14-17H2,1-3H3,(H,34,35)/t22-,24+,28-/m1/s1. The summed E-state index contributed by atoms with van der Waals surface area (Å²) >= 11 is 6.13. The summed E-state index contributed by atoms with van der Waals surface area (Å²) < 4.78 is 0. The van der Waals surface area contributed by atoms with Crippen LogP contribution in [-0.4, -0.2) is 51.6 Å². The molecular weight excluding hydrogens is 480 g/mol. The summed E-state index contributed by atoms with van der Waals surface area (Å²) in [6.45, 7) is 5.95. The summed E-state index contributed by atoms with van der Waals surface area (Å²) in [6.07, 6.45) is 6.88. The van der Waals surface area contributed by atoms with E-state index < -0.39 is 28.9 Å². The van der Waals surface area contributed by atoms with E-state index in [1.165, 1.54) is 11.3 Å². The summed E-state index contributed by atoms with van der Waals surface area (Å²) in [4.78, 5) is 46.4. The fraction of sp³-hybridized carbons (Fsp3) is 0.643. The predicted octanol–water partition coefficient (Wildman–Crippen LogP) is 5.48. The minimum atomic E-state index is -1.07. The Bertz CT molecular complexity index is 1040. The Morgan fingerprint density at radius 1 is 1.22 bits per heavy atom. The molecule has 1 N–H and O–H groups in total. The maximum atomic E-state index is 13.9. The highest BCUT2D eigenvalue weighted by Gasteiger charge is 2.55. The van der Waals surface area contributed by atoms with Crippen LogP contribution in [-0.2, 0) is 19.2 Å². The lowest BCUT2D eigenvalue weighted by Crippen LogP contribution is -2.47. The third kappa shape index (κ3) is 5.93. The minimum absolute atomic E-state index is 0.0969. The lowest BCUT2D eigenvalue weighted by molar-refractivity contribution is -0.152. The van der Waals surface area contributed by atoms with Gasteiger partial charge in [-0.15, -0.1) is 0 Å². The van der Waals surface area contributed by atoms with Gasteiger partial charge < -0.3 is 14.8 Å². The van der Waals surface area contributed by atoms with Crippen LogP contribution in [0.2, 0.25) is 5.02 Å². The van der Waals surface area contributed by atoms with Gasteiger partial charge in [0.15, 0.2) is 5.60 Å². The average molecular weight is 517 g/mol. The number of rotatable bonds is 7. The van der Waals surface area contributed by atoms with Crippen molar-refractivity contribution in [2.24, 2.45) is 22.4 Å². The third-order valence-corrected chi connectivity index (χ3v) is 8.22. The molecule has 7 nitrogen and oxygen atoms in total. The van der Waals surface area contributed by atoms with Gasteiger partial charge in [0.1, 0.15) is 11.8 Å². The number of carbonyl (C=O) groups excluding carboxylic acids is 2. The molecule has 3 aliphatic rings. The monoisotopic (exact) mass is 516 g/mol. The molecule has 1 saturated carbocycles. The average Bonchev–Trinajstić information content (AvgIpc) is 3.41. The zero-order chi connectivity index (χ0) is 26.1. The molecule has 0 unspecified atom stereocenters. The first-order valence-corrected chi connectivity index (χ1v) is 13.4. The molecule has 1 aromatic rings. The number of nitrogens with zero attached hydrogens (tertiary/aromatic N) is 2. The van der Waals surface area contributed by atoms with E-state index in [-0.39, 0.29) is 31.1 Å². The van der Waals surface area contributed by atoms with Gasteiger partial charge >= 0.3 is 5.97 Å². The van der Waals surface area contributed by atoms with Crippen molar-refractivity contribution >= 4 is 35.0 Å². The number of benzene rings is 1. The van der Waals surface area contributed by atoms with Gasteiger partial charge in [-0.25, -0.2) is 4.79 Å². The molecule has 3 atom stereocenters. The van der Waals surface area contributed by atoms with E-state index in [0.29, 0.717) is 29.5 Å². The van der Waals surface area contributed by atoms with Crippen LogP contribution in [0.1, 0.15) is 84.1 Å². The highest BCUT2D eigenvalue weighted by molar-refractivity contribution is 6.31. The number of Topliss-reactive ketones (excluding diaryl/α,β-unsaturated/α-hetero) is 1. The van der Waals surface area contributed by atoms with E-state index in [1.807, 2.05) is 32.9 Å². The Balaban J connectivity index is 1.49. The van der Waals surface area contributed by atoms with Crippen LogP contribution in [0.3, 0.4) is 0 Å². The number of oxime groups is 1. The van der Waals surface area contributed by atoms with Crippen molar-refractivity contribution in [3.8, 4) is 0 Å². The summed E-state index contributed by atoms with van der Waals surface area (Å²) in [5, 5.41) is 14.8. The first-order chi connectivity index (χ1) is 17.0.